The number of esters is 2. The summed E-state index contributed by atoms with van der Waals surface area (Å²) in [6.45, 7) is 3.83. The van der Waals surface area contributed by atoms with Crippen LogP contribution in [0.1, 0.15) is 26.7 Å². The summed E-state index contributed by atoms with van der Waals surface area (Å²) < 4.78 is 10.7. The van der Waals surface area contributed by atoms with Gasteiger partial charge in [-0.15, -0.1) is 0 Å². The highest BCUT2D eigenvalue weighted by atomic mass is 16.6. The van der Waals surface area contributed by atoms with Gasteiger partial charge >= 0.3 is 11.9 Å². The van der Waals surface area contributed by atoms with Gasteiger partial charge in [0.1, 0.15) is 0 Å². The first kappa shape index (κ1) is 23.0. The van der Waals surface area contributed by atoms with Gasteiger partial charge in [-0.25, -0.2) is 4.99 Å². The van der Waals surface area contributed by atoms with Crippen molar-refractivity contribution < 1.29 is 24.1 Å². The van der Waals surface area contributed by atoms with Gasteiger partial charge in [0, 0.05) is 42.4 Å². The third-order valence-electron chi connectivity index (χ3n) is 5.11. The number of hydrogen-bond acceptors (Lipinski definition) is 5. The molecule has 2 aromatic rings. The van der Waals surface area contributed by atoms with E-state index in [1.165, 1.54) is 0 Å². The quantitative estimate of drug-likeness (QED) is 0.379. The van der Waals surface area contributed by atoms with Gasteiger partial charge in [-0.2, -0.15) is 0 Å². The summed E-state index contributed by atoms with van der Waals surface area (Å²) in [6, 6.07) is 19.4. The molecule has 0 atom stereocenters. The molecule has 1 aliphatic rings. The number of carbonyl (C=O) groups excluding carboxylic acids is 2. The lowest BCUT2D eigenvalue weighted by Gasteiger charge is -2.32. The summed E-state index contributed by atoms with van der Waals surface area (Å²) in [5.41, 5.74) is 1.97. The molecule has 3 rings (SSSR count). The van der Waals surface area contributed by atoms with Gasteiger partial charge in [0.25, 0.3) is 0 Å². The molecule has 6 nitrogen and oxygen atoms in total. The lowest BCUT2D eigenvalue weighted by molar-refractivity contribution is -0.347. The van der Waals surface area contributed by atoms with Gasteiger partial charge in [0.2, 0.25) is 5.69 Å². The van der Waals surface area contributed by atoms with Gasteiger partial charge in [-0.05, 0) is 37.6 Å². The highest BCUT2D eigenvalue weighted by Gasteiger charge is 2.51. The normalized spacial score (nSPS) is 16.4. The zero-order valence-electron chi connectivity index (χ0n) is 18.5. The van der Waals surface area contributed by atoms with Gasteiger partial charge in [-0.1, -0.05) is 36.4 Å². The molecule has 2 N–H and O–H groups in total. The fourth-order valence-corrected chi connectivity index (χ4v) is 3.62. The van der Waals surface area contributed by atoms with Crippen LogP contribution in [0, 0.1) is 5.41 Å². The average Bonchev–Trinajstić information content (AvgIpc) is 2.83. The Morgan fingerprint density at radius 3 is 2.12 bits per heavy atom. The maximum absolute atomic E-state index is 13.0. The van der Waals surface area contributed by atoms with E-state index in [2.05, 4.69) is 10.3 Å². The summed E-state index contributed by atoms with van der Waals surface area (Å²) in [4.78, 5) is 29.3. The molecule has 0 heterocycles. The molecule has 0 radical (unpaired) electrons. The Morgan fingerprint density at radius 1 is 0.938 bits per heavy atom. The molecule has 2 aromatic carbocycles. The fourth-order valence-electron chi connectivity index (χ4n) is 3.62. The smallest absolute Gasteiger partial charge is 0.324 e. The van der Waals surface area contributed by atoms with Crippen molar-refractivity contribution in [2.45, 2.75) is 26.7 Å². The van der Waals surface area contributed by atoms with Crippen molar-refractivity contribution >= 4 is 29.5 Å². The molecule has 166 valence electrons. The Kier molecular flexibility index (Phi) is 7.97. The van der Waals surface area contributed by atoms with Gasteiger partial charge < -0.3 is 14.8 Å². The Balaban J connectivity index is 1.99. The number of hydrogen-bond donors (Lipinski definition) is 2. The number of benzene rings is 2. The topological polar surface area (TPSA) is 78.6 Å². The van der Waals surface area contributed by atoms with Gasteiger partial charge in [0.05, 0.1) is 13.2 Å². The monoisotopic (exact) mass is 433 g/mol. The van der Waals surface area contributed by atoms with E-state index in [1.807, 2.05) is 79.2 Å². The van der Waals surface area contributed by atoms with Crippen LogP contribution in [0.5, 0.6) is 0 Å². The second kappa shape index (κ2) is 11.1. The molecule has 0 unspecified atom stereocenters. The average molecular weight is 434 g/mol. The predicted octanol–water partition coefficient (Wildman–Crippen LogP) is 3.30. The van der Waals surface area contributed by atoms with Crippen LogP contribution in [0.25, 0.3) is 0 Å². The molecule has 0 saturated heterocycles. The fraction of sp³-hybridized carbons (Fsp3) is 0.269. The molecular weight excluding hydrogens is 404 g/mol. The minimum absolute atomic E-state index is 0.187. The summed E-state index contributed by atoms with van der Waals surface area (Å²) >= 11 is 0. The molecule has 0 aliphatic heterocycles. The molecule has 0 saturated carbocycles. The van der Waals surface area contributed by atoms with Crippen molar-refractivity contribution in [3.63, 3.8) is 0 Å². The van der Waals surface area contributed by atoms with Crippen molar-refractivity contribution in [3.05, 3.63) is 84.1 Å². The highest BCUT2D eigenvalue weighted by molar-refractivity contribution is 6.02. The van der Waals surface area contributed by atoms with E-state index in [4.69, 9.17) is 9.47 Å². The van der Waals surface area contributed by atoms with E-state index in [0.717, 1.165) is 22.5 Å². The summed E-state index contributed by atoms with van der Waals surface area (Å²) in [6.07, 6.45) is 5.99. The SMILES string of the molecule is CCOC(=O)C1(C(=O)OCC)CC(C=[NH+]c2ccccc2)=C/C(=C\Nc2ccccc2)C1. The van der Waals surface area contributed by atoms with Gasteiger partial charge in [-0.3, -0.25) is 9.59 Å². The number of para-hydroxylation sites is 2. The van der Waals surface area contributed by atoms with Crippen LogP contribution in [0.3, 0.4) is 0 Å². The highest BCUT2D eigenvalue weighted by Crippen LogP contribution is 2.40. The van der Waals surface area contributed by atoms with Crippen molar-refractivity contribution in [2.75, 3.05) is 18.5 Å². The van der Waals surface area contributed by atoms with Crippen LogP contribution < -0.4 is 10.3 Å². The molecule has 0 aromatic heterocycles. The predicted molar refractivity (Wildman–Crippen MR) is 124 cm³/mol. The maximum atomic E-state index is 13.0. The molecule has 0 amide bonds. The number of ether oxygens (including phenoxy) is 2. The van der Waals surface area contributed by atoms with E-state index >= 15 is 0 Å². The standard InChI is InChI=1S/C26H28N2O4/c1-3-31-24(29)26(25(30)32-4-2)16-20(18-27-22-11-7-5-8-12-22)15-21(17-26)19-28-23-13-9-6-10-14-23/h5-15,18-19,27H,3-4,16-17H2,1-2H3/p+1/b20-18+,28-19?. The van der Waals surface area contributed by atoms with Crippen LogP contribution in [-0.2, 0) is 19.1 Å². The van der Waals surface area contributed by atoms with Crippen LogP contribution in [0.2, 0.25) is 0 Å². The second-order valence-corrected chi connectivity index (χ2v) is 7.48. The Hall–Kier alpha value is -3.67. The first-order valence-corrected chi connectivity index (χ1v) is 10.8. The van der Waals surface area contributed by atoms with Crippen LogP contribution >= 0.6 is 0 Å². The summed E-state index contributed by atoms with van der Waals surface area (Å²) in [7, 11) is 0. The van der Waals surface area contributed by atoms with Gasteiger partial charge in [0.15, 0.2) is 11.6 Å². The number of allylic oxidation sites excluding steroid dienone is 3. The molecule has 0 fully saturated rings. The molecule has 0 bridgehead atoms. The van der Waals surface area contributed by atoms with Crippen LogP contribution in [0.4, 0.5) is 11.4 Å². The Morgan fingerprint density at radius 2 is 1.53 bits per heavy atom. The van der Waals surface area contributed by atoms with E-state index < -0.39 is 17.4 Å². The number of rotatable bonds is 8. The molecule has 1 aliphatic carbocycles. The van der Waals surface area contributed by atoms with E-state index in [1.54, 1.807) is 13.8 Å². The second-order valence-electron chi connectivity index (χ2n) is 7.48. The van der Waals surface area contributed by atoms with Crippen molar-refractivity contribution in [1.29, 1.82) is 0 Å². The van der Waals surface area contributed by atoms with Crippen molar-refractivity contribution in [1.82, 2.24) is 0 Å². The Bertz CT molecular complexity index is 993. The number of nitrogens with one attached hydrogen (secondary N) is 2. The maximum Gasteiger partial charge on any atom is 0.324 e. The number of carbonyl (C=O) groups is 2. The third-order valence-corrected chi connectivity index (χ3v) is 5.11. The zero-order valence-corrected chi connectivity index (χ0v) is 18.5. The zero-order chi connectivity index (χ0) is 22.8. The van der Waals surface area contributed by atoms with E-state index in [9.17, 15) is 9.59 Å². The lowest BCUT2D eigenvalue weighted by atomic mass is 9.72. The largest absolute Gasteiger partial charge is 0.465 e. The molecular formula is C26H29N2O4+. The summed E-state index contributed by atoms with van der Waals surface area (Å²) in [5, 5.41) is 3.24. The number of anilines is 1. The minimum atomic E-state index is -1.44. The first-order valence-electron chi connectivity index (χ1n) is 10.8. The van der Waals surface area contributed by atoms with Crippen LogP contribution in [-0.4, -0.2) is 31.4 Å². The molecule has 0 spiro atoms. The van der Waals surface area contributed by atoms with Crippen molar-refractivity contribution in [2.24, 2.45) is 5.41 Å². The van der Waals surface area contributed by atoms with E-state index in [0.29, 0.717) is 0 Å². The molecule has 6 heteroatoms. The minimum Gasteiger partial charge on any atom is -0.465 e. The van der Waals surface area contributed by atoms with E-state index in [-0.39, 0.29) is 26.1 Å². The first-order chi connectivity index (χ1) is 15.6. The van der Waals surface area contributed by atoms with Crippen molar-refractivity contribution in [3.8, 4) is 0 Å². The molecule has 32 heavy (non-hydrogen) atoms. The summed E-state index contributed by atoms with van der Waals surface area (Å²) in [5.74, 6) is -1.13. The Labute approximate surface area is 188 Å². The third kappa shape index (κ3) is 5.72. The van der Waals surface area contributed by atoms with Crippen LogP contribution in [0.15, 0.2) is 84.1 Å². The lowest BCUT2D eigenvalue weighted by Crippen LogP contribution is -2.62.